The van der Waals surface area contributed by atoms with E-state index in [9.17, 15) is 4.79 Å². The van der Waals surface area contributed by atoms with E-state index >= 15 is 0 Å². The van der Waals surface area contributed by atoms with E-state index in [1.165, 1.54) is 0 Å². The fourth-order valence-corrected chi connectivity index (χ4v) is 4.54. The number of hydrogen-bond donors (Lipinski definition) is 0. The first-order valence-electron chi connectivity index (χ1n) is 10.4. The van der Waals surface area contributed by atoms with Crippen molar-refractivity contribution in [3.05, 3.63) is 40.5 Å². The summed E-state index contributed by atoms with van der Waals surface area (Å²) < 4.78 is 0. The lowest BCUT2D eigenvalue weighted by Gasteiger charge is -2.24. The molecule has 2 aromatic rings. The first kappa shape index (κ1) is 19.6. The maximum absolute atomic E-state index is 12.4. The molecule has 4 rings (SSSR count). The Balaban J connectivity index is 1.39. The fourth-order valence-electron chi connectivity index (χ4n) is 4.33. The summed E-state index contributed by atoms with van der Waals surface area (Å²) >= 11 is 6.65. The summed E-state index contributed by atoms with van der Waals surface area (Å²) in [6.45, 7) is 9.12. The molecule has 0 bridgehead atoms. The number of hydrogen-bond acceptors (Lipinski definition) is 4. The van der Waals surface area contributed by atoms with Crippen LogP contribution in [0.3, 0.4) is 0 Å². The van der Waals surface area contributed by atoms with Gasteiger partial charge in [-0.3, -0.25) is 14.6 Å². The molecule has 0 atom stereocenters. The summed E-state index contributed by atoms with van der Waals surface area (Å²) in [5.74, 6) is 0.292. The van der Waals surface area contributed by atoms with Crippen LogP contribution in [0.1, 0.15) is 30.5 Å². The third-order valence-electron chi connectivity index (χ3n) is 6.02. The zero-order chi connectivity index (χ0) is 19.5. The van der Waals surface area contributed by atoms with Crippen LogP contribution in [-0.4, -0.2) is 71.4 Å². The lowest BCUT2D eigenvalue weighted by atomic mass is 10.1. The van der Waals surface area contributed by atoms with E-state index in [-0.39, 0.29) is 0 Å². The topological polar surface area (TPSA) is 39.7 Å². The van der Waals surface area contributed by atoms with Gasteiger partial charge >= 0.3 is 0 Å². The molecule has 0 radical (unpaired) electrons. The number of nitrogens with zero attached hydrogens (tertiary/aromatic N) is 4. The van der Waals surface area contributed by atoms with Gasteiger partial charge in [-0.25, -0.2) is 4.98 Å². The average molecular weight is 401 g/mol. The molecule has 150 valence electrons. The molecule has 6 heteroatoms. The van der Waals surface area contributed by atoms with E-state index in [0.717, 1.165) is 92.3 Å². The largest absolute Gasteiger partial charge is 0.342 e. The number of pyridine rings is 1. The Morgan fingerprint density at radius 1 is 1.00 bits per heavy atom. The van der Waals surface area contributed by atoms with Crippen molar-refractivity contribution in [2.45, 2.75) is 32.7 Å². The second-order valence-electron chi connectivity index (χ2n) is 8.01. The minimum atomic E-state index is 0.292. The summed E-state index contributed by atoms with van der Waals surface area (Å²) in [4.78, 5) is 24.0. The highest BCUT2D eigenvalue weighted by atomic mass is 35.5. The SMILES string of the molecule is Cc1c(Cl)c(CN2CCCN(CC(=O)N3CCCC3)CC2)nc2ccccc12. The number of fused-ring (bicyclic) bond motifs is 1. The van der Waals surface area contributed by atoms with Crippen LogP contribution >= 0.6 is 11.6 Å². The summed E-state index contributed by atoms with van der Waals surface area (Å²) in [7, 11) is 0. The van der Waals surface area contributed by atoms with E-state index in [4.69, 9.17) is 16.6 Å². The normalized spacial score (nSPS) is 19.3. The van der Waals surface area contributed by atoms with Gasteiger partial charge in [-0.05, 0) is 50.9 Å². The van der Waals surface area contributed by atoms with Crippen molar-refractivity contribution in [3.63, 3.8) is 0 Å². The highest BCUT2D eigenvalue weighted by Gasteiger charge is 2.23. The van der Waals surface area contributed by atoms with Crippen molar-refractivity contribution >= 4 is 28.4 Å². The van der Waals surface area contributed by atoms with E-state index < -0.39 is 0 Å². The molecular formula is C22H29ClN4O. The fraction of sp³-hybridized carbons (Fsp3) is 0.545. The van der Waals surface area contributed by atoms with Crippen molar-refractivity contribution in [1.82, 2.24) is 19.7 Å². The second kappa shape index (κ2) is 8.76. The van der Waals surface area contributed by atoms with Gasteiger partial charge in [-0.1, -0.05) is 29.8 Å². The Labute approximate surface area is 172 Å². The molecule has 0 N–H and O–H groups in total. The lowest BCUT2D eigenvalue weighted by molar-refractivity contribution is -0.131. The Hall–Kier alpha value is -1.69. The Kier molecular flexibility index (Phi) is 6.14. The Morgan fingerprint density at radius 3 is 2.54 bits per heavy atom. The number of amides is 1. The van der Waals surface area contributed by atoms with Crippen LogP contribution in [0, 0.1) is 6.92 Å². The number of halogens is 1. The van der Waals surface area contributed by atoms with E-state index in [0.29, 0.717) is 12.5 Å². The summed E-state index contributed by atoms with van der Waals surface area (Å²) in [5.41, 5.74) is 3.07. The molecule has 1 aromatic carbocycles. The molecule has 5 nitrogen and oxygen atoms in total. The standard InChI is InChI=1S/C22H29ClN4O/c1-17-18-7-2-3-8-19(18)24-20(22(17)23)15-25-9-6-10-26(14-13-25)16-21(28)27-11-4-5-12-27/h2-3,7-8H,4-6,9-16H2,1H3. The molecule has 0 unspecified atom stereocenters. The zero-order valence-corrected chi connectivity index (χ0v) is 17.4. The molecule has 2 aliphatic rings. The van der Waals surface area contributed by atoms with Crippen molar-refractivity contribution < 1.29 is 4.79 Å². The average Bonchev–Trinajstić information content (AvgIpc) is 3.16. The highest BCUT2D eigenvalue weighted by molar-refractivity contribution is 6.32. The number of benzene rings is 1. The van der Waals surface area contributed by atoms with E-state index in [2.05, 4.69) is 28.9 Å². The molecule has 28 heavy (non-hydrogen) atoms. The van der Waals surface area contributed by atoms with Crippen molar-refractivity contribution in [2.24, 2.45) is 0 Å². The van der Waals surface area contributed by atoms with E-state index in [1.807, 2.05) is 17.0 Å². The Morgan fingerprint density at radius 2 is 1.71 bits per heavy atom. The maximum atomic E-state index is 12.4. The van der Waals surface area contributed by atoms with Gasteiger partial charge < -0.3 is 4.90 Å². The number of para-hydroxylation sites is 1. The van der Waals surface area contributed by atoms with Crippen LogP contribution in [0.25, 0.3) is 10.9 Å². The second-order valence-corrected chi connectivity index (χ2v) is 8.39. The van der Waals surface area contributed by atoms with Gasteiger partial charge in [0.1, 0.15) is 0 Å². The first-order valence-corrected chi connectivity index (χ1v) is 10.8. The van der Waals surface area contributed by atoms with Gasteiger partial charge in [0.2, 0.25) is 5.91 Å². The van der Waals surface area contributed by atoms with Crippen molar-refractivity contribution in [1.29, 1.82) is 0 Å². The summed E-state index contributed by atoms with van der Waals surface area (Å²) in [6, 6.07) is 8.18. The van der Waals surface area contributed by atoms with Gasteiger partial charge in [0.15, 0.2) is 0 Å². The molecule has 0 spiro atoms. The Bertz CT molecular complexity index is 850. The van der Waals surface area contributed by atoms with Gasteiger partial charge in [-0.15, -0.1) is 0 Å². The summed E-state index contributed by atoms with van der Waals surface area (Å²) in [5, 5.41) is 1.91. The molecule has 2 saturated heterocycles. The van der Waals surface area contributed by atoms with Gasteiger partial charge in [-0.2, -0.15) is 0 Å². The summed E-state index contributed by atoms with van der Waals surface area (Å²) in [6.07, 6.45) is 3.37. The van der Waals surface area contributed by atoms with Gasteiger partial charge in [0.05, 0.1) is 22.8 Å². The zero-order valence-electron chi connectivity index (χ0n) is 16.7. The number of carbonyl (C=O) groups is 1. The van der Waals surface area contributed by atoms with Crippen LogP contribution < -0.4 is 0 Å². The van der Waals surface area contributed by atoms with Crippen molar-refractivity contribution in [3.8, 4) is 0 Å². The molecule has 0 aliphatic carbocycles. The monoisotopic (exact) mass is 400 g/mol. The van der Waals surface area contributed by atoms with E-state index in [1.54, 1.807) is 0 Å². The van der Waals surface area contributed by atoms with Gasteiger partial charge in [0, 0.05) is 38.1 Å². The molecule has 1 aromatic heterocycles. The number of carbonyl (C=O) groups excluding carboxylic acids is 1. The number of likely N-dealkylation sites (tertiary alicyclic amines) is 1. The van der Waals surface area contributed by atoms with Crippen LogP contribution in [0.4, 0.5) is 0 Å². The number of rotatable bonds is 4. The smallest absolute Gasteiger partial charge is 0.236 e. The quantitative estimate of drug-likeness (QED) is 0.789. The first-order chi connectivity index (χ1) is 13.6. The molecule has 3 heterocycles. The maximum Gasteiger partial charge on any atom is 0.236 e. The third kappa shape index (κ3) is 4.32. The van der Waals surface area contributed by atoms with Crippen molar-refractivity contribution in [2.75, 3.05) is 45.8 Å². The lowest BCUT2D eigenvalue weighted by Crippen LogP contribution is -2.40. The molecule has 2 fully saturated rings. The number of aryl methyl sites for hydroxylation is 1. The third-order valence-corrected chi connectivity index (χ3v) is 6.52. The predicted molar refractivity (Wildman–Crippen MR) is 114 cm³/mol. The van der Waals surface area contributed by atoms with Crippen LogP contribution in [0.5, 0.6) is 0 Å². The number of aromatic nitrogens is 1. The van der Waals surface area contributed by atoms with Crippen LogP contribution in [0.15, 0.2) is 24.3 Å². The molecule has 2 aliphatic heterocycles. The van der Waals surface area contributed by atoms with Crippen LogP contribution in [0.2, 0.25) is 5.02 Å². The predicted octanol–water partition coefficient (Wildman–Crippen LogP) is 3.33. The molecule has 0 saturated carbocycles. The minimum absolute atomic E-state index is 0.292. The minimum Gasteiger partial charge on any atom is -0.342 e. The van der Waals surface area contributed by atoms with Crippen LogP contribution in [-0.2, 0) is 11.3 Å². The molecular weight excluding hydrogens is 372 g/mol. The molecule has 1 amide bonds. The highest BCUT2D eigenvalue weighted by Crippen LogP contribution is 2.27. The van der Waals surface area contributed by atoms with Gasteiger partial charge in [0.25, 0.3) is 0 Å².